The van der Waals surface area contributed by atoms with E-state index in [1.54, 1.807) is 0 Å². The van der Waals surface area contributed by atoms with E-state index >= 15 is 0 Å². The van der Waals surface area contributed by atoms with Gasteiger partial charge in [0, 0.05) is 88.3 Å². The highest BCUT2D eigenvalue weighted by Gasteiger charge is 2.56. The number of fused-ring (bicyclic) bond motifs is 28. The predicted octanol–water partition coefficient (Wildman–Crippen LogP) is 27.3. The van der Waals surface area contributed by atoms with E-state index in [4.69, 9.17) is 9.97 Å². The second-order valence-corrected chi connectivity index (χ2v) is 32.3. The largest absolute Gasteiger partial charge is 0.309 e. The second-order valence-electron chi connectivity index (χ2n) is 32.3. The molecule has 18 aromatic carbocycles. The van der Waals surface area contributed by atoms with Crippen molar-refractivity contribution in [3.8, 4) is 45.3 Å². The van der Waals surface area contributed by atoms with Crippen LogP contribution in [-0.2, 0) is 11.1 Å². The standard InChI is InChI=1S/C56H35N5.C56H37N5/c1-3-17-36(18-4-1)58-49-28-14-9-23-41(49)43-35-54-44(34-53(43)58)42-24-10-15-29-50(42)59(54)38-31-32-51-47(33-38)56(45-25-11-7-21-39(45)40-22-8-12-26-46(40)56)61(37-19-5-2-6-20-37)55-57-48-27-13-16-30-52(48)60(51)55;1-5-19-38(20-6-1)56(39-21-7-2-8-22-39)47-35-42(33-34-51(47)60-52-32-18-15-29-48(52)57-55(60)61(56)41-25-11-4-12-26-41)59-50-31-17-14-28-44(50)46-36-53-45(37-54(46)59)43-27-13-16-30-49(43)58(53)40-23-9-3-10-24-40/h1-35H;1-37H. The number of benzene rings is 18. The van der Waals surface area contributed by atoms with Crippen LogP contribution >= 0.6 is 0 Å². The Labute approximate surface area is 701 Å². The number of imidazole rings is 2. The van der Waals surface area contributed by atoms with Crippen molar-refractivity contribution in [3.05, 3.63) is 470 Å². The molecule has 0 saturated heterocycles. The first kappa shape index (κ1) is 67.8. The highest BCUT2D eigenvalue weighted by atomic mass is 15.4. The average molecular weight is 1560 g/mol. The molecule has 0 unspecified atom stereocenters. The molecular formula is C112H72N10. The Balaban J connectivity index is 0.000000131. The molecule has 0 N–H and O–H groups in total. The minimum atomic E-state index is -0.818. The van der Waals surface area contributed by atoms with Crippen LogP contribution in [0.2, 0.25) is 0 Å². The minimum absolute atomic E-state index is 0.744. The minimum Gasteiger partial charge on any atom is -0.309 e. The van der Waals surface area contributed by atoms with Crippen molar-refractivity contribution in [3.63, 3.8) is 0 Å². The Morgan fingerprint density at radius 1 is 0.172 bits per heavy atom. The summed E-state index contributed by atoms with van der Waals surface area (Å²) in [6, 6.07) is 159. The van der Waals surface area contributed by atoms with Crippen LogP contribution in [0.3, 0.4) is 0 Å². The summed E-state index contributed by atoms with van der Waals surface area (Å²) < 4.78 is 14.5. The quantitative estimate of drug-likeness (QED) is 0.152. The van der Waals surface area contributed by atoms with Gasteiger partial charge in [-0.2, -0.15) is 0 Å². The smallest absolute Gasteiger partial charge is 0.217 e. The van der Waals surface area contributed by atoms with Crippen LogP contribution in [0, 0.1) is 0 Å². The van der Waals surface area contributed by atoms with Crippen LogP contribution in [0.4, 0.5) is 23.3 Å². The lowest BCUT2D eigenvalue weighted by Crippen LogP contribution is -2.49. The first-order chi connectivity index (χ1) is 60.6. The monoisotopic (exact) mass is 1560 g/mol. The Hall–Kier alpha value is -16.3. The van der Waals surface area contributed by atoms with E-state index < -0.39 is 11.1 Å². The fourth-order valence-electron chi connectivity index (χ4n) is 21.4. The van der Waals surface area contributed by atoms with Gasteiger partial charge in [-0.25, -0.2) is 9.97 Å². The molecule has 3 aliphatic rings. The second kappa shape index (κ2) is 26.1. The van der Waals surface area contributed by atoms with Gasteiger partial charge in [0.05, 0.1) is 77.6 Å². The van der Waals surface area contributed by atoms with E-state index in [0.717, 1.165) is 102 Å². The number of hydrogen-bond donors (Lipinski definition) is 0. The maximum absolute atomic E-state index is 5.49. The lowest BCUT2D eigenvalue weighted by atomic mass is 9.73. The van der Waals surface area contributed by atoms with Crippen LogP contribution in [0.5, 0.6) is 0 Å². The van der Waals surface area contributed by atoms with Crippen LogP contribution in [0.25, 0.3) is 155 Å². The van der Waals surface area contributed by atoms with Gasteiger partial charge >= 0.3 is 0 Å². The van der Waals surface area contributed by atoms with E-state index in [0.29, 0.717) is 0 Å². The third-order valence-electron chi connectivity index (χ3n) is 26.2. The summed E-state index contributed by atoms with van der Waals surface area (Å²) in [7, 11) is 0. The average Bonchev–Trinajstić information content (AvgIpc) is 1.44. The molecule has 0 saturated carbocycles. The SMILES string of the molecule is c1ccc(N2c3nc4ccccc4n3-c3ccc(-n4c5ccccc5c5cc6c(cc54)c4ccccc4n6-c4ccccc4)cc3C2(c2ccccc2)c2ccccc2)cc1.c1ccc(N2c3nc4ccccc4n3-c3ccc(-n4c5ccccc5c5cc6c(cc54)c4ccccc4n6-c4ccccc4)cc3C23c2ccccc2-c2ccccc23)cc1. The van der Waals surface area contributed by atoms with E-state index in [9.17, 15) is 0 Å². The highest BCUT2D eigenvalue weighted by molar-refractivity contribution is 6.21. The predicted molar refractivity (Wildman–Crippen MR) is 501 cm³/mol. The molecule has 8 heterocycles. The fourth-order valence-corrected chi connectivity index (χ4v) is 21.4. The van der Waals surface area contributed by atoms with Gasteiger partial charge in [-0.15, -0.1) is 0 Å². The maximum atomic E-state index is 5.49. The summed E-state index contributed by atoms with van der Waals surface area (Å²) in [5, 5.41) is 9.80. The Morgan fingerprint density at radius 2 is 0.451 bits per heavy atom. The molecule has 1 aliphatic carbocycles. The summed E-state index contributed by atoms with van der Waals surface area (Å²) in [6.07, 6.45) is 0. The van der Waals surface area contributed by atoms with Gasteiger partial charge in [0.1, 0.15) is 11.1 Å². The van der Waals surface area contributed by atoms with Crippen molar-refractivity contribution >= 4 is 133 Å². The number of rotatable bonds is 8. The van der Waals surface area contributed by atoms with Crippen molar-refractivity contribution in [2.75, 3.05) is 9.80 Å². The normalized spacial score (nSPS) is 13.5. The number of nitrogens with zero attached hydrogens (tertiary/aromatic N) is 10. The molecule has 570 valence electrons. The van der Waals surface area contributed by atoms with E-state index in [1.165, 1.54) is 110 Å². The van der Waals surface area contributed by atoms with E-state index in [2.05, 4.69) is 474 Å². The fraction of sp³-hybridized carbons (Fsp3) is 0.0179. The van der Waals surface area contributed by atoms with Crippen LogP contribution < -0.4 is 9.80 Å². The third kappa shape index (κ3) is 9.37. The molecule has 10 heteroatoms. The summed E-state index contributed by atoms with van der Waals surface area (Å²) in [5.41, 5.74) is 30.5. The molecule has 0 atom stereocenters. The Morgan fingerprint density at radius 3 is 0.820 bits per heavy atom. The molecule has 27 rings (SSSR count). The molecule has 6 aromatic heterocycles. The van der Waals surface area contributed by atoms with Gasteiger partial charge in [0.25, 0.3) is 0 Å². The summed E-state index contributed by atoms with van der Waals surface area (Å²) in [4.78, 5) is 15.9. The van der Waals surface area contributed by atoms with Gasteiger partial charge < -0.3 is 18.3 Å². The number of aromatic nitrogens is 8. The lowest BCUT2D eigenvalue weighted by molar-refractivity contribution is 0.588. The van der Waals surface area contributed by atoms with Crippen LogP contribution in [0.15, 0.2) is 437 Å². The molecule has 24 aromatic rings. The molecule has 0 amide bonds. The molecule has 2 aliphatic heterocycles. The summed E-state index contributed by atoms with van der Waals surface area (Å²) in [5.74, 6) is 1.77. The summed E-state index contributed by atoms with van der Waals surface area (Å²) >= 11 is 0. The van der Waals surface area contributed by atoms with Crippen molar-refractivity contribution in [1.29, 1.82) is 0 Å². The molecule has 0 fully saturated rings. The molecule has 0 bridgehead atoms. The topological polar surface area (TPSA) is 61.8 Å². The third-order valence-corrected chi connectivity index (χ3v) is 26.2. The number of para-hydroxylation sites is 12. The molecule has 10 nitrogen and oxygen atoms in total. The van der Waals surface area contributed by atoms with Crippen molar-refractivity contribution < 1.29 is 0 Å². The molecule has 122 heavy (non-hydrogen) atoms. The zero-order chi connectivity index (χ0) is 79.9. The van der Waals surface area contributed by atoms with E-state index in [-0.39, 0.29) is 0 Å². The first-order valence-corrected chi connectivity index (χ1v) is 41.9. The number of hydrogen-bond acceptors (Lipinski definition) is 4. The van der Waals surface area contributed by atoms with Crippen molar-refractivity contribution in [2.24, 2.45) is 0 Å². The van der Waals surface area contributed by atoms with Gasteiger partial charge in [-0.05, 0) is 191 Å². The van der Waals surface area contributed by atoms with Gasteiger partial charge in [0.15, 0.2) is 0 Å². The Bertz CT molecular complexity index is 7910. The number of anilines is 4. The van der Waals surface area contributed by atoms with Crippen molar-refractivity contribution in [2.45, 2.75) is 11.1 Å². The zero-order valence-corrected chi connectivity index (χ0v) is 66.0. The van der Waals surface area contributed by atoms with E-state index in [1.807, 2.05) is 0 Å². The summed E-state index contributed by atoms with van der Waals surface area (Å²) in [6.45, 7) is 0. The van der Waals surface area contributed by atoms with Crippen LogP contribution in [-0.4, -0.2) is 37.4 Å². The van der Waals surface area contributed by atoms with Crippen molar-refractivity contribution in [1.82, 2.24) is 37.4 Å². The van der Waals surface area contributed by atoms with Gasteiger partial charge in [-0.1, -0.05) is 279 Å². The first-order valence-electron chi connectivity index (χ1n) is 41.9. The lowest BCUT2D eigenvalue weighted by Gasteiger charge is -2.49. The molecular weight excluding hydrogens is 1490 g/mol. The Kier molecular flexibility index (Phi) is 14.5. The van der Waals surface area contributed by atoms with Gasteiger partial charge in [0.2, 0.25) is 11.9 Å². The zero-order valence-electron chi connectivity index (χ0n) is 66.0. The molecule has 1 spiro atoms. The van der Waals surface area contributed by atoms with Crippen LogP contribution in [0.1, 0.15) is 33.4 Å². The highest BCUT2D eigenvalue weighted by Crippen LogP contribution is 2.62. The molecule has 0 radical (unpaired) electrons. The maximum Gasteiger partial charge on any atom is 0.217 e. The van der Waals surface area contributed by atoms with Gasteiger partial charge in [-0.3, -0.25) is 18.9 Å².